The molecule has 0 aliphatic rings. The van der Waals surface area contributed by atoms with Crippen molar-refractivity contribution in [1.82, 2.24) is 0 Å². The molecule has 0 amide bonds. The molecule has 0 spiro atoms. The monoisotopic (exact) mass is 321 g/mol. The van der Waals surface area contributed by atoms with Gasteiger partial charge in [-0.2, -0.15) is 5.26 Å². The third kappa shape index (κ3) is 2.69. The zero-order valence-electron chi connectivity index (χ0n) is 13.7. The molecule has 0 saturated carbocycles. The van der Waals surface area contributed by atoms with E-state index in [1.807, 2.05) is 32.9 Å². The summed E-state index contributed by atoms with van der Waals surface area (Å²) in [6.45, 7) is 5.96. The fourth-order valence-corrected chi connectivity index (χ4v) is 2.78. The molecule has 120 valence electrons. The van der Waals surface area contributed by atoms with Crippen LogP contribution in [0.4, 0.5) is 4.39 Å². The molecular weight excluding hydrogens is 305 g/mol. The Bertz CT molecular complexity index is 1040. The second-order valence-electron chi connectivity index (χ2n) is 6.17. The summed E-state index contributed by atoms with van der Waals surface area (Å²) in [6.07, 6.45) is 0. The van der Waals surface area contributed by atoms with Crippen LogP contribution in [0.15, 0.2) is 45.6 Å². The topological polar surface area (TPSA) is 54.0 Å². The van der Waals surface area contributed by atoms with Gasteiger partial charge in [-0.1, -0.05) is 19.9 Å². The lowest BCUT2D eigenvalue weighted by atomic mass is 9.97. The Morgan fingerprint density at radius 3 is 2.54 bits per heavy atom. The van der Waals surface area contributed by atoms with Gasteiger partial charge in [-0.05, 0) is 48.2 Å². The van der Waals surface area contributed by atoms with Crippen LogP contribution in [0.2, 0.25) is 0 Å². The van der Waals surface area contributed by atoms with E-state index in [-0.39, 0.29) is 28.2 Å². The van der Waals surface area contributed by atoms with Gasteiger partial charge in [-0.25, -0.2) is 4.39 Å². The van der Waals surface area contributed by atoms with Gasteiger partial charge < -0.3 is 4.42 Å². The number of rotatable bonds is 2. The van der Waals surface area contributed by atoms with E-state index in [9.17, 15) is 9.18 Å². The fourth-order valence-electron chi connectivity index (χ4n) is 2.78. The molecule has 0 saturated heterocycles. The molecule has 24 heavy (non-hydrogen) atoms. The second-order valence-corrected chi connectivity index (χ2v) is 6.17. The third-order valence-electron chi connectivity index (χ3n) is 3.99. The molecule has 0 fully saturated rings. The van der Waals surface area contributed by atoms with Gasteiger partial charge >= 0.3 is 0 Å². The van der Waals surface area contributed by atoms with Crippen molar-refractivity contribution in [2.45, 2.75) is 26.7 Å². The first-order valence-corrected chi connectivity index (χ1v) is 7.69. The van der Waals surface area contributed by atoms with Gasteiger partial charge in [-0.3, -0.25) is 4.79 Å². The van der Waals surface area contributed by atoms with Crippen LogP contribution in [0.25, 0.3) is 22.3 Å². The first kappa shape index (κ1) is 15.9. The van der Waals surface area contributed by atoms with Crippen LogP contribution in [-0.2, 0) is 0 Å². The lowest BCUT2D eigenvalue weighted by Crippen LogP contribution is -2.04. The van der Waals surface area contributed by atoms with Gasteiger partial charge in [0, 0.05) is 6.07 Å². The van der Waals surface area contributed by atoms with Gasteiger partial charge in [0.25, 0.3) is 0 Å². The van der Waals surface area contributed by atoms with Crippen LogP contribution in [0.5, 0.6) is 0 Å². The molecule has 3 aromatic rings. The standard InChI is InChI=1S/C20H16FNO2/c1-11(2)15-6-12(3)7-16-18(23)9-19(24-20(15)16)14-5-4-13(10-22)8-17(14)21/h4-9,11H,1-3H3. The van der Waals surface area contributed by atoms with Gasteiger partial charge in [0.1, 0.15) is 17.2 Å². The van der Waals surface area contributed by atoms with Crippen molar-refractivity contribution in [2.75, 3.05) is 0 Å². The van der Waals surface area contributed by atoms with Crippen LogP contribution in [-0.4, -0.2) is 0 Å². The highest BCUT2D eigenvalue weighted by Gasteiger charge is 2.15. The lowest BCUT2D eigenvalue weighted by Gasteiger charge is -2.12. The number of nitrogens with zero attached hydrogens (tertiary/aromatic N) is 1. The Morgan fingerprint density at radius 2 is 1.92 bits per heavy atom. The maximum Gasteiger partial charge on any atom is 0.193 e. The highest BCUT2D eigenvalue weighted by Crippen LogP contribution is 2.30. The van der Waals surface area contributed by atoms with Crippen molar-refractivity contribution in [2.24, 2.45) is 0 Å². The van der Waals surface area contributed by atoms with Crippen molar-refractivity contribution < 1.29 is 8.81 Å². The minimum absolute atomic E-state index is 0.164. The number of hydrogen-bond donors (Lipinski definition) is 0. The highest BCUT2D eigenvalue weighted by molar-refractivity contribution is 5.83. The van der Waals surface area contributed by atoms with Crippen LogP contribution >= 0.6 is 0 Å². The SMILES string of the molecule is Cc1cc(C(C)C)c2oc(-c3ccc(C#N)cc3F)cc(=O)c2c1. The van der Waals surface area contributed by atoms with E-state index in [1.165, 1.54) is 18.2 Å². The average Bonchev–Trinajstić information content (AvgIpc) is 2.54. The van der Waals surface area contributed by atoms with Crippen molar-refractivity contribution >= 4 is 11.0 Å². The van der Waals surface area contributed by atoms with Crippen LogP contribution < -0.4 is 5.43 Å². The predicted octanol–water partition coefficient (Wildman–Crippen LogP) is 4.90. The van der Waals surface area contributed by atoms with E-state index in [4.69, 9.17) is 9.68 Å². The summed E-state index contributed by atoms with van der Waals surface area (Å²) in [7, 11) is 0. The number of hydrogen-bond acceptors (Lipinski definition) is 3. The second kappa shape index (κ2) is 5.93. The number of fused-ring (bicyclic) bond motifs is 1. The van der Waals surface area contributed by atoms with Crippen molar-refractivity contribution in [3.8, 4) is 17.4 Å². The van der Waals surface area contributed by atoms with Crippen LogP contribution in [0, 0.1) is 24.1 Å². The van der Waals surface area contributed by atoms with Crippen molar-refractivity contribution in [3.63, 3.8) is 0 Å². The average molecular weight is 321 g/mol. The van der Waals surface area contributed by atoms with E-state index in [0.29, 0.717) is 11.0 Å². The van der Waals surface area contributed by atoms with E-state index in [1.54, 1.807) is 6.07 Å². The zero-order valence-corrected chi connectivity index (χ0v) is 13.7. The molecule has 2 aromatic carbocycles. The molecule has 0 radical (unpaired) electrons. The summed E-state index contributed by atoms with van der Waals surface area (Å²) < 4.78 is 20.2. The molecule has 1 aromatic heterocycles. The number of aryl methyl sites for hydroxylation is 1. The smallest absolute Gasteiger partial charge is 0.193 e. The Labute approximate surface area is 139 Å². The van der Waals surface area contributed by atoms with Gasteiger partial charge in [0.15, 0.2) is 5.43 Å². The maximum atomic E-state index is 14.3. The van der Waals surface area contributed by atoms with Crippen LogP contribution in [0.1, 0.15) is 36.5 Å². The number of benzene rings is 2. The highest BCUT2D eigenvalue weighted by atomic mass is 19.1. The molecule has 0 bridgehead atoms. The molecule has 0 aliphatic carbocycles. The molecule has 3 nitrogen and oxygen atoms in total. The van der Waals surface area contributed by atoms with Crippen molar-refractivity contribution in [3.05, 3.63) is 69.1 Å². The first-order chi connectivity index (χ1) is 11.4. The summed E-state index contributed by atoms with van der Waals surface area (Å²) in [5, 5.41) is 9.34. The summed E-state index contributed by atoms with van der Waals surface area (Å²) in [6, 6.07) is 11.0. The molecule has 0 unspecified atom stereocenters. The molecule has 0 aliphatic heterocycles. The van der Waals surface area contributed by atoms with E-state index in [2.05, 4.69) is 0 Å². The normalized spacial score (nSPS) is 11.0. The molecule has 4 heteroatoms. The first-order valence-electron chi connectivity index (χ1n) is 7.69. The van der Waals surface area contributed by atoms with E-state index >= 15 is 0 Å². The third-order valence-corrected chi connectivity index (χ3v) is 3.99. The van der Waals surface area contributed by atoms with E-state index < -0.39 is 5.82 Å². The molecule has 0 atom stereocenters. The maximum absolute atomic E-state index is 14.3. The molecule has 3 rings (SSSR count). The largest absolute Gasteiger partial charge is 0.455 e. The number of halogens is 1. The molecule has 1 heterocycles. The summed E-state index contributed by atoms with van der Waals surface area (Å²) >= 11 is 0. The zero-order chi connectivity index (χ0) is 17.4. The lowest BCUT2D eigenvalue weighted by molar-refractivity contribution is 0.589. The van der Waals surface area contributed by atoms with Crippen molar-refractivity contribution in [1.29, 1.82) is 5.26 Å². The minimum Gasteiger partial charge on any atom is -0.455 e. The van der Waals surface area contributed by atoms with Gasteiger partial charge in [0.2, 0.25) is 0 Å². The number of nitriles is 1. The Morgan fingerprint density at radius 1 is 1.17 bits per heavy atom. The summed E-state index contributed by atoms with van der Waals surface area (Å²) in [4.78, 5) is 12.5. The fraction of sp³-hybridized carbons (Fsp3) is 0.200. The molecular formula is C20H16FNO2. The summed E-state index contributed by atoms with van der Waals surface area (Å²) in [5.74, 6) is -0.258. The minimum atomic E-state index is -0.588. The summed E-state index contributed by atoms with van der Waals surface area (Å²) in [5.41, 5.74) is 2.57. The van der Waals surface area contributed by atoms with Gasteiger partial charge in [-0.15, -0.1) is 0 Å². The Hall–Kier alpha value is -2.93. The predicted molar refractivity (Wildman–Crippen MR) is 91.4 cm³/mol. The molecule has 0 N–H and O–H groups in total. The Kier molecular flexibility index (Phi) is 3.94. The Balaban J connectivity index is 2.32. The van der Waals surface area contributed by atoms with E-state index in [0.717, 1.165) is 17.2 Å². The quantitative estimate of drug-likeness (QED) is 0.674. The van der Waals surface area contributed by atoms with Crippen LogP contribution in [0.3, 0.4) is 0 Å². The van der Waals surface area contributed by atoms with Gasteiger partial charge in [0.05, 0.1) is 22.6 Å².